The van der Waals surface area contributed by atoms with Crippen LogP contribution in [-0.2, 0) is 14.8 Å². The molecule has 0 spiro atoms. The summed E-state index contributed by atoms with van der Waals surface area (Å²) in [4.78, 5) is 12.2. The van der Waals surface area contributed by atoms with E-state index in [1.165, 1.54) is 25.2 Å². The van der Waals surface area contributed by atoms with E-state index in [0.29, 0.717) is 5.69 Å². The van der Waals surface area contributed by atoms with E-state index in [2.05, 4.69) is 5.32 Å². The molecule has 0 atom stereocenters. The van der Waals surface area contributed by atoms with Crippen molar-refractivity contribution in [3.05, 3.63) is 57.6 Å². The second kappa shape index (κ2) is 7.74. The number of carbonyl (C=O) groups is 1. The number of nitrogens with one attached hydrogen (secondary N) is 1. The monoisotopic (exact) mass is 400 g/mol. The Kier molecular flexibility index (Phi) is 6.11. The maximum atomic E-state index is 12.6. The van der Waals surface area contributed by atoms with Gasteiger partial charge in [-0.1, -0.05) is 41.4 Å². The molecule has 0 aromatic heterocycles. The molecule has 0 saturated heterocycles. The Hall–Kier alpha value is -1.60. The zero-order valence-electron chi connectivity index (χ0n) is 14.0. The molecule has 2 aromatic carbocycles. The molecule has 2 aromatic rings. The normalized spacial score (nSPS) is 11.6. The zero-order chi connectivity index (χ0) is 18.8. The average molecular weight is 401 g/mol. The van der Waals surface area contributed by atoms with E-state index in [1.807, 2.05) is 32.0 Å². The number of benzene rings is 2. The summed E-state index contributed by atoms with van der Waals surface area (Å²) in [7, 11) is -2.56. The molecule has 8 heteroatoms. The van der Waals surface area contributed by atoms with Crippen molar-refractivity contribution in [3.63, 3.8) is 0 Å². The molecule has 1 amide bonds. The van der Waals surface area contributed by atoms with Crippen molar-refractivity contribution in [2.75, 3.05) is 18.9 Å². The Morgan fingerprint density at radius 2 is 1.60 bits per heavy atom. The third-order valence-electron chi connectivity index (χ3n) is 3.66. The summed E-state index contributed by atoms with van der Waals surface area (Å²) in [6, 6.07) is 9.66. The molecular formula is C17H18Cl2N2O3S. The Balaban J connectivity index is 2.17. The van der Waals surface area contributed by atoms with Gasteiger partial charge in [0.05, 0.1) is 11.4 Å². The van der Waals surface area contributed by atoms with Crippen LogP contribution in [0.3, 0.4) is 0 Å². The molecule has 1 N–H and O–H groups in total. The molecule has 0 bridgehead atoms. The van der Waals surface area contributed by atoms with Crippen molar-refractivity contribution in [1.82, 2.24) is 4.31 Å². The number of anilines is 1. The third-order valence-corrected chi connectivity index (χ3v) is 5.87. The van der Waals surface area contributed by atoms with Crippen LogP contribution in [-0.4, -0.2) is 32.2 Å². The number of amides is 1. The molecule has 0 aliphatic heterocycles. The molecule has 0 saturated carbocycles. The molecule has 0 aliphatic rings. The number of halogens is 2. The van der Waals surface area contributed by atoms with Gasteiger partial charge in [0.1, 0.15) is 0 Å². The van der Waals surface area contributed by atoms with E-state index in [0.717, 1.165) is 15.4 Å². The maximum Gasteiger partial charge on any atom is 0.243 e. The van der Waals surface area contributed by atoms with Gasteiger partial charge in [0.15, 0.2) is 0 Å². The number of hydrogen-bond acceptors (Lipinski definition) is 3. The van der Waals surface area contributed by atoms with Crippen LogP contribution in [0.25, 0.3) is 0 Å². The molecule has 134 valence electrons. The molecule has 0 unspecified atom stereocenters. The van der Waals surface area contributed by atoms with Crippen molar-refractivity contribution in [3.8, 4) is 0 Å². The van der Waals surface area contributed by atoms with Gasteiger partial charge in [0, 0.05) is 22.8 Å². The minimum absolute atomic E-state index is 0.0626. The van der Waals surface area contributed by atoms with E-state index < -0.39 is 15.9 Å². The maximum absolute atomic E-state index is 12.6. The van der Waals surface area contributed by atoms with Crippen molar-refractivity contribution in [2.24, 2.45) is 0 Å². The molecule has 0 aliphatic carbocycles. The number of aryl methyl sites for hydroxylation is 2. The van der Waals surface area contributed by atoms with Crippen LogP contribution >= 0.6 is 23.2 Å². The standard InChI is InChI=1S/C17H18Cl2N2O3S/c1-11-5-4-6-12(2)17(11)20-16(22)10-21(3)25(23,24)15-8-13(18)7-14(19)9-15/h4-9H,10H2,1-3H3,(H,20,22). The highest BCUT2D eigenvalue weighted by Gasteiger charge is 2.24. The zero-order valence-corrected chi connectivity index (χ0v) is 16.3. The summed E-state index contributed by atoms with van der Waals surface area (Å²) in [5.41, 5.74) is 2.49. The first-order chi connectivity index (χ1) is 11.6. The van der Waals surface area contributed by atoms with E-state index in [4.69, 9.17) is 23.2 Å². The molecule has 0 heterocycles. The number of nitrogens with zero attached hydrogens (tertiary/aromatic N) is 1. The second-order valence-electron chi connectivity index (χ2n) is 5.68. The van der Waals surface area contributed by atoms with Crippen molar-refractivity contribution < 1.29 is 13.2 Å². The summed E-state index contributed by atoms with van der Waals surface area (Å²) in [6.07, 6.45) is 0. The van der Waals surface area contributed by atoms with Gasteiger partial charge < -0.3 is 5.32 Å². The molecule has 5 nitrogen and oxygen atoms in total. The number of carbonyl (C=O) groups excluding carboxylic acids is 1. The largest absolute Gasteiger partial charge is 0.324 e. The lowest BCUT2D eigenvalue weighted by atomic mass is 10.1. The van der Waals surface area contributed by atoms with Gasteiger partial charge in [-0.3, -0.25) is 4.79 Å². The van der Waals surface area contributed by atoms with Gasteiger partial charge in [-0.05, 0) is 43.2 Å². The molecule has 0 fully saturated rings. The van der Waals surface area contributed by atoms with Crippen LogP contribution in [0.2, 0.25) is 10.0 Å². The van der Waals surface area contributed by atoms with Crippen LogP contribution in [0.4, 0.5) is 5.69 Å². The van der Waals surface area contributed by atoms with E-state index >= 15 is 0 Å². The highest BCUT2D eigenvalue weighted by Crippen LogP contribution is 2.24. The first-order valence-electron chi connectivity index (χ1n) is 7.40. The first kappa shape index (κ1) is 19.7. The summed E-state index contributed by atoms with van der Waals surface area (Å²) >= 11 is 11.7. The number of sulfonamides is 1. The summed E-state index contributed by atoms with van der Waals surface area (Å²) < 4.78 is 26.1. The molecule has 2 rings (SSSR count). The third kappa shape index (κ3) is 4.73. The van der Waals surface area contributed by atoms with Gasteiger partial charge in [0.2, 0.25) is 15.9 Å². The number of likely N-dealkylation sites (N-methyl/N-ethyl adjacent to an activating group) is 1. The van der Waals surface area contributed by atoms with Gasteiger partial charge in [-0.15, -0.1) is 0 Å². The van der Waals surface area contributed by atoms with Crippen LogP contribution in [0.5, 0.6) is 0 Å². The number of hydrogen-bond donors (Lipinski definition) is 1. The van der Waals surface area contributed by atoms with Crippen LogP contribution in [0.1, 0.15) is 11.1 Å². The Labute approximate surface area is 157 Å². The predicted octanol–water partition coefficient (Wildman–Crippen LogP) is 3.87. The Morgan fingerprint density at radius 1 is 1.08 bits per heavy atom. The van der Waals surface area contributed by atoms with Gasteiger partial charge >= 0.3 is 0 Å². The molecule has 25 heavy (non-hydrogen) atoms. The fourth-order valence-electron chi connectivity index (χ4n) is 2.34. The second-order valence-corrected chi connectivity index (χ2v) is 8.60. The highest BCUT2D eigenvalue weighted by molar-refractivity contribution is 7.89. The van der Waals surface area contributed by atoms with Crippen LogP contribution < -0.4 is 5.32 Å². The topological polar surface area (TPSA) is 66.5 Å². The van der Waals surface area contributed by atoms with E-state index in [-0.39, 0.29) is 21.5 Å². The van der Waals surface area contributed by atoms with E-state index in [9.17, 15) is 13.2 Å². The quantitative estimate of drug-likeness (QED) is 0.827. The van der Waals surface area contributed by atoms with E-state index in [1.54, 1.807) is 0 Å². The number of para-hydroxylation sites is 1. The highest BCUT2D eigenvalue weighted by atomic mass is 35.5. The first-order valence-corrected chi connectivity index (χ1v) is 9.59. The van der Waals surface area contributed by atoms with Gasteiger partial charge in [0.25, 0.3) is 0 Å². The van der Waals surface area contributed by atoms with Crippen LogP contribution in [0, 0.1) is 13.8 Å². The number of rotatable bonds is 5. The average Bonchev–Trinajstić information content (AvgIpc) is 2.50. The molecule has 0 radical (unpaired) electrons. The lowest BCUT2D eigenvalue weighted by molar-refractivity contribution is -0.116. The predicted molar refractivity (Wildman–Crippen MR) is 101 cm³/mol. The minimum Gasteiger partial charge on any atom is -0.324 e. The Morgan fingerprint density at radius 3 is 2.12 bits per heavy atom. The van der Waals surface area contributed by atoms with Gasteiger partial charge in [-0.2, -0.15) is 4.31 Å². The van der Waals surface area contributed by atoms with Crippen molar-refractivity contribution in [2.45, 2.75) is 18.7 Å². The fraction of sp³-hybridized carbons (Fsp3) is 0.235. The fourth-order valence-corrected chi connectivity index (χ4v) is 4.19. The summed E-state index contributed by atoms with van der Waals surface area (Å²) in [6.45, 7) is 3.41. The summed E-state index contributed by atoms with van der Waals surface area (Å²) in [5, 5.41) is 3.17. The smallest absolute Gasteiger partial charge is 0.243 e. The minimum atomic E-state index is -3.89. The Bertz CT molecular complexity index is 874. The van der Waals surface area contributed by atoms with Crippen LogP contribution in [0.15, 0.2) is 41.3 Å². The SMILES string of the molecule is Cc1cccc(C)c1NC(=O)CN(C)S(=O)(=O)c1cc(Cl)cc(Cl)c1. The summed E-state index contributed by atoms with van der Waals surface area (Å²) in [5.74, 6) is -0.434. The lowest BCUT2D eigenvalue weighted by Gasteiger charge is -2.18. The van der Waals surface area contributed by atoms with Crippen molar-refractivity contribution in [1.29, 1.82) is 0 Å². The lowest BCUT2D eigenvalue weighted by Crippen LogP contribution is -2.35. The molecular weight excluding hydrogens is 383 g/mol. The van der Waals surface area contributed by atoms with Crippen molar-refractivity contribution >= 4 is 44.8 Å². The van der Waals surface area contributed by atoms with Gasteiger partial charge in [-0.25, -0.2) is 8.42 Å².